The number of thioether (sulfide) groups is 1. The van der Waals surface area contributed by atoms with Crippen molar-refractivity contribution in [1.29, 1.82) is 0 Å². The van der Waals surface area contributed by atoms with Gasteiger partial charge in [0.25, 0.3) is 0 Å². The standard InChI is InChI=1S/C17H20N4O3S2/c1-12-9-15(20-17(19-12)14-5-3-4-7-18-14)25-10-16(22)21(2)13-6-8-26(23,24)11-13/h3-5,7,9,13H,6,8,10-11H2,1-2H3. The van der Waals surface area contributed by atoms with Gasteiger partial charge in [-0.3, -0.25) is 9.78 Å². The maximum absolute atomic E-state index is 12.4. The zero-order valence-electron chi connectivity index (χ0n) is 14.6. The first kappa shape index (κ1) is 18.8. The molecule has 138 valence electrons. The van der Waals surface area contributed by atoms with Crippen molar-refractivity contribution in [3.05, 3.63) is 36.2 Å². The molecule has 26 heavy (non-hydrogen) atoms. The van der Waals surface area contributed by atoms with Crippen molar-refractivity contribution >= 4 is 27.5 Å². The third-order valence-electron chi connectivity index (χ3n) is 4.22. The highest BCUT2D eigenvalue weighted by molar-refractivity contribution is 7.99. The molecule has 3 heterocycles. The molecule has 1 unspecified atom stereocenters. The van der Waals surface area contributed by atoms with Gasteiger partial charge in [-0.15, -0.1) is 0 Å². The molecule has 3 rings (SSSR count). The van der Waals surface area contributed by atoms with Crippen LogP contribution in [0, 0.1) is 6.92 Å². The van der Waals surface area contributed by atoms with Crippen LogP contribution in [0.2, 0.25) is 0 Å². The van der Waals surface area contributed by atoms with Crippen molar-refractivity contribution in [2.45, 2.75) is 24.4 Å². The van der Waals surface area contributed by atoms with Gasteiger partial charge in [-0.05, 0) is 31.5 Å². The fraction of sp³-hybridized carbons (Fsp3) is 0.412. The van der Waals surface area contributed by atoms with Crippen LogP contribution in [-0.2, 0) is 14.6 Å². The number of nitrogens with zero attached hydrogens (tertiary/aromatic N) is 4. The van der Waals surface area contributed by atoms with E-state index in [0.29, 0.717) is 23.0 Å². The average Bonchev–Trinajstić information content (AvgIpc) is 2.99. The highest BCUT2D eigenvalue weighted by Gasteiger charge is 2.32. The summed E-state index contributed by atoms with van der Waals surface area (Å²) in [5.41, 5.74) is 1.48. The molecule has 1 amide bonds. The monoisotopic (exact) mass is 392 g/mol. The summed E-state index contributed by atoms with van der Waals surface area (Å²) >= 11 is 1.32. The van der Waals surface area contributed by atoms with E-state index in [2.05, 4.69) is 15.0 Å². The van der Waals surface area contributed by atoms with Crippen LogP contribution >= 0.6 is 11.8 Å². The fourth-order valence-corrected chi connectivity index (χ4v) is 5.40. The predicted octanol–water partition coefficient (Wildman–Crippen LogP) is 1.58. The number of aromatic nitrogens is 3. The van der Waals surface area contributed by atoms with E-state index in [-0.39, 0.29) is 29.2 Å². The molecular weight excluding hydrogens is 372 g/mol. The second-order valence-electron chi connectivity index (χ2n) is 6.24. The van der Waals surface area contributed by atoms with E-state index < -0.39 is 9.84 Å². The van der Waals surface area contributed by atoms with Crippen LogP contribution in [0.4, 0.5) is 0 Å². The summed E-state index contributed by atoms with van der Waals surface area (Å²) in [5, 5.41) is 0.693. The topological polar surface area (TPSA) is 93.1 Å². The van der Waals surface area contributed by atoms with E-state index in [1.807, 2.05) is 31.2 Å². The van der Waals surface area contributed by atoms with E-state index in [4.69, 9.17) is 0 Å². The first-order valence-electron chi connectivity index (χ1n) is 8.20. The summed E-state index contributed by atoms with van der Waals surface area (Å²) in [6.45, 7) is 1.87. The summed E-state index contributed by atoms with van der Waals surface area (Å²) in [7, 11) is -1.35. The van der Waals surface area contributed by atoms with Gasteiger partial charge < -0.3 is 4.90 Å². The van der Waals surface area contributed by atoms with Gasteiger partial charge in [-0.1, -0.05) is 17.8 Å². The van der Waals surface area contributed by atoms with E-state index in [1.165, 1.54) is 11.8 Å². The summed E-state index contributed by atoms with van der Waals surface area (Å²) in [4.78, 5) is 27.1. The van der Waals surface area contributed by atoms with Crippen molar-refractivity contribution in [3.63, 3.8) is 0 Å². The van der Waals surface area contributed by atoms with Crippen molar-refractivity contribution in [2.24, 2.45) is 0 Å². The van der Waals surface area contributed by atoms with Gasteiger partial charge in [-0.2, -0.15) is 0 Å². The van der Waals surface area contributed by atoms with Gasteiger partial charge >= 0.3 is 0 Å². The fourth-order valence-electron chi connectivity index (χ4n) is 2.75. The summed E-state index contributed by atoms with van der Waals surface area (Å²) in [6, 6.07) is 7.12. The molecule has 2 aromatic rings. The van der Waals surface area contributed by atoms with Crippen LogP contribution in [0.1, 0.15) is 12.1 Å². The van der Waals surface area contributed by atoms with Crippen molar-refractivity contribution in [1.82, 2.24) is 19.9 Å². The first-order valence-corrected chi connectivity index (χ1v) is 11.0. The molecule has 7 nitrogen and oxygen atoms in total. The zero-order valence-corrected chi connectivity index (χ0v) is 16.3. The lowest BCUT2D eigenvalue weighted by atomic mass is 10.2. The highest BCUT2D eigenvalue weighted by Crippen LogP contribution is 2.22. The van der Waals surface area contributed by atoms with Gasteiger partial charge in [0.1, 0.15) is 10.7 Å². The minimum atomic E-state index is -3.01. The van der Waals surface area contributed by atoms with Gasteiger partial charge in [0.2, 0.25) is 5.91 Å². The van der Waals surface area contributed by atoms with Gasteiger partial charge in [0.15, 0.2) is 15.7 Å². The Bertz CT molecular complexity index is 903. The van der Waals surface area contributed by atoms with Gasteiger partial charge in [-0.25, -0.2) is 18.4 Å². The normalized spacial score (nSPS) is 18.6. The molecule has 2 aromatic heterocycles. The third kappa shape index (κ3) is 4.59. The summed E-state index contributed by atoms with van der Waals surface area (Å²) in [5.74, 6) is 0.825. The molecule has 0 N–H and O–H groups in total. The Morgan fingerprint density at radius 3 is 2.81 bits per heavy atom. The molecule has 0 radical (unpaired) electrons. The van der Waals surface area contributed by atoms with Crippen LogP contribution in [0.15, 0.2) is 35.5 Å². The minimum Gasteiger partial charge on any atom is -0.341 e. The molecule has 0 aromatic carbocycles. The molecule has 1 aliphatic rings. The Kier molecular flexibility index (Phi) is 5.57. The lowest BCUT2D eigenvalue weighted by Gasteiger charge is -2.23. The molecule has 1 atom stereocenters. The highest BCUT2D eigenvalue weighted by atomic mass is 32.2. The molecule has 1 saturated heterocycles. The molecule has 9 heteroatoms. The number of aryl methyl sites for hydroxylation is 1. The lowest BCUT2D eigenvalue weighted by Crippen LogP contribution is -2.38. The summed E-state index contributed by atoms with van der Waals surface area (Å²) < 4.78 is 23.2. The van der Waals surface area contributed by atoms with E-state index in [9.17, 15) is 13.2 Å². The number of sulfone groups is 1. The third-order valence-corrected chi connectivity index (χ3v) is 6.86. The van der Waals surface area contributed by atoms with Gasteiger partial charge in [0, 0.05) is 25.0 Å². The number of rotatable bonds is 5. The quantitative estimate of drug-likeness (QED) is 0.563. The molecule has 0 saturated carbocycles. The maximum Gasteiger partial charge on any atom is 0.233 e. The number of pyridine rings is 1. The molecular formula is C17H20N4O3S2. The Hall–Kier alpha value is -2.00. The van der Waals surface area contributed by atoms with Crippen LogP contribution in [0.25, 0.3) is 11.5 Å². The van der Waals surface area contributed by atoms with Crippen LogP contribution in [-0.4, -0.2) is 64.5 Å². The van der Waals surface area contributed by atoms with Crippen molar-refractivity contribution in [2.75, 3.05) is 24.3 Å². The molecule has 0 spiro atoms. The van der Waals surface area contributed by atoms with E-state index >= 15 is 0 Å². The SMILES string of the molecule is Cc1cc(SCC(=O)N(C)C2CCS(=O)(=O)C2)nc(-c2ccccn2)n1. The smallest absolute Gasteiger partial charge is 0.233 e. The zero-order chi connectivity index (χ0) is 18.7. The number of carbonyl (C=O) groups excluding carboxylic acids is 1. The largest absolute Gasteiger partial charge is 0.341 e. The van der Waals surface area contributed by atoms with Crippen molar-refractivity contribution < 1.29 is 13.2 Å². The van der Waals surface area contributed by atoms with Crippen LogP contribution in [0.3, 0.4) is 0 Å². The minimum absolute atomic E-state index is 0.0519. The molecule has 0 aliphatic carbocycles. The second kappa shape index (κ2) is 7.71. The van der Waals surface area contributed by atoms with Gasteiger partial charge in [0.05, 0.1) is 17.3 Å². The number of carbonyl (C=O) groups is 1. The first-order chi connectivity index (χ1) is 12.3. The maximum atomic E-state index is 12.4. The van der Waals surface area contributed by atoms with Crippen LogP contribution < -0.4 is 0 Å². The molecule has 1 aliphatic heterocycles. The van der Waals surface area contributed by atoms with E-state index in [0.717, 1.165) is 5.69 Å². The number of hydrogen-bond donors (Lipinski definition) is 0. The average molecular weight is 393 g/mol. The van der Waals surface area contributed by atoms with E-state index in [1.54, 1.807) is 18.1 Å². The number of hydrogen-bond acceptors (Lipinski definition) is 7. The summed E-state index contributed by atoms with van der Waals surface area (Å²) in [6.07, 6.45) is 2.19. The Morgan fingerprint density at radius 1 is 1.35 bits per heavy atom. The number of amides is 1. The lowest BCUT2D eigenvalue weighted by molar-refractivity contribution is -0.128. The molecule has 0 bridgehead atoms. The Labute approximate surface area is 157 Å². The second-order valence-corrected chi connectivity index (χ2v) is 9.46. The molecule has 1 fully saturated rings. The van der Waals surface area contributed by atoms with Crippen molar-refractivity contribution in [3.8, 4) is 11.5 Å². The predicted molar refractivity (Wildman–Crippen MR) is 101 cm³/mol. The Morgan fingerprint density at radius 2 is 2.15 bits per heavy atom. The van der Waals surface area contributed by atoms with Crippen LogP contribution in [0.5, 0.6) is 0 Å². The Balaban J connectivity index is 1.66.